The maximum atomic E-state index is 13.6. The van der Waals surface area contributed by atoms with Crippen LogP contribution in [0.25, 0.3) is 0 Å². The molecule has 1 aromatic heterocycles. The monoisotopic (exact) mass is 454 g/mol. The summed E-state index contributed by atoms with van der Waals surface area (Å²) in [5.41, 5.74) is 1.17. The van der Waals surface area contributed by atoms with Gasteiger partial charge in [0.2, 0.25) is 0 Å². The Kier molecular flexibility index (Phi) is 5.84. The molecular weight excluding hydrogens is 427 g/mol. The van der Waals surface area contributed by atoms with Crippen LogP contribution in [0.15, 0.2) is 18.2 Å². The molecule has 0 bridgehead atoms. The molecule has 2 aliphatic rings. The molecule has 3 heterocycles. The second kappa shape index (κ2) is 8.48. The van der Waals surface area contributed by atoms with E-state index in [0.29, 0.717) is 49.4 Å². The Hall–Kier alpha value is -3.45. The highest BCUT2D eigenvalue weighted by molar-refractivity contribution is 5.95. The van der Waals surface area contributed by atoms with Crippen LogP contribution in [0, 0.1) is 23.1 Å². The van der Waals surface area contributed by atoms with Crippen LogP contribution in [-0.4, -0.2) is 62.4 Å². The predicted molar refractivity (Wildman–Crippen MR) is 118 cm³/mol. The van der Waals surface area contributed by atoms with Crippen LogP contribution in [0.2, 0.25) is 0 Å². The van der Waals surface area contributed by atoms with Gasteiger partial charge in [0.25, 0.3) is 5.91 Å². The summed E-state index contributed by atoms with van der Waals surface area (Å²) >= 11 is 0. The molecule has 10 heteroatoms. The van der Waals surface area contributed by atoms with Crippen molar-refractivity contribution in [3.8, 4) is 6.07 Å². The molecule has 9 nitrogen and oxygen atoms in total. The number of fused-ring (bicyclic) bond motifs is 3. The number of hydrogen-bond acceptors (Lipinski definition) is 5. The summed E-state index contributed by atoms with van der Waals surface area (Å²) in [7, 11) is 1.71. The van der Waals surface area contributed by atoms with Crippen LogP contribution >= 0.6 is 0 Å². The molecule has 0 radical (unpaired) electrons. The Morgan fingerprint density at radius 1 is 1.42 bits per heavy atom. The van der Waals surface area contributed by atoms with Crippen LogP contribution in [-0.2, 0) is 19.5 Å². The summed E-state index contributed by atoms with van der Waals surface area (Å²) in [5.74, 6) is -1.01. The van der Waals surface area contributed by atoms with E-state index in [9.17, 15) is 19.1 Å². The number of nitrogens with zero attached hydrogens (tertiary/aromatic N) is 5. The summed E-state index contributed by atoms with van der Waals surface area (Å²) < 4.78 is 15.3. The summed E-state index contributed by atoms with van der Waals surface area (Å²) in [6.45, 7) is 5.13. The topological polar surface area (TPSA) is 114 Å². The van der Waals surface area contributed by atoms with Crippen molar-refractivity contribution in [2.75, 3.05) is 25.5 Å². The van der Waals surface area contributed by atoms with E-state index in [1.54, 1.807) is 34.5 Å². The van der Waals surface area contributed by atoms with Gasteiger partial charge in [0.15, 0.2) is 0 Å². The fraction of sp³-hybridized carbons (Fsp3) is 0.478. The molecule has 0 fully saturated rings. The lowest BCUT2D eigenvalue weighted by atomic mass is 9.86. The first-order valence-electron chi connectivity index (χ1n) is 11.0. The standard InChI is InChI=1S/C23H27FN6O3/c1-4-23(2,33)15-11-28(3)21(31)20-17-13-29(8-7-19(17)27-30(20)12-15)22(32)26-16-5-6-18(24)14(9-16)10-25/h5-6,9,15,33H,4,7-8,11-13H2,1-3H3,(H,26,32)/t15-,23?/m1/s1. The highest BCUT2D eigenvalue weighted by Gasteiger charge is 2.39. The summed E-state index contributed by atoms with van der Waals surface area (Å²) in [4.78, 5) is 29.2. The van der Waals surface area contributed by atoms with Crippen LogP contribution < -0.4 is 5.32 Å². The van der Waals surface area contributed by atoms with Crippen molar-refractivity contribution in [2.45, 2.75) is 45.4 Å². The molecule has 2 aliphatic heterocycles. The molecule has 2 N–H and O–H groups in total. The molecular formula is C23H27FN6O3. The van der Waals surface area contributed by atoms with E-state index in [0.717, 1.165) is 11.8 Å². The first-order chi connectivity index (χ1) is 15.6. The highest BCUT2D eigenvalue weighted by atomic mass is 19.1. The molecule has 0 saturated heterocycles. The van der Waals surface area contributed by atoms with Crippen molar-refractivity contribution in [1.82, 2.24) is 19.6 Å². The third-order valence-corrected chi connectivity index (χ3v) is 6.76. The Bertz CT molecular complexity index is 1150. The Morgan fingerprint density at radius 3 is 2.88 bits per heavy atom. The molecule has 33 heavy (non-hydrogen) atoms. The number of hydrogen-bond donors (Lipinski definition) is 2. The average Bonchev–Trinajstić information content (AvgIpc) is 3.10. The zero-order chi connectivity index (χ0) is 23.9. The molecule has 2 atom stereocenters. The first kappa shape index (κ1) is 22.7. The number of urea groups is 1. The number of amides is 3. The highest BCUT2D eigenvalue weighted by Crippen LogP contribution is 2.31. The largest absolute Gasteiger partial charge is 0.390 e. The van der Waals surface area contributed by atoms with E-state index in [4.69, 9.17) is 5.26 Å². The maximum Gasteiger partial charge on any atom is 0.322 e. The number of halogens is 1. The van der Waals surface area contributed by atoms with Gasteiger partial charge in [-0.3, -0.25) is 9.48 Å². The van der Waals surface area contributed by atoms with Crippen molar-refractivity contribution >= 4 is 17.6 Å². The van der Waals surface area contributed by atoms with Crippen LogP contribution in [0.3, 0.4) is 0 Å². The Balaban J connectivity index is 1.58. The molecule has 174 valence electrons. The van der Waals surface area contributed by atoms with Crippen molar-refractivity contribution < 1.29 is 19.1 Å². The van der Waals surface area contributed by atoms with Crippen molar-refractivity contribution in [3.63, 3.8) is 0 Å². The molecule has 0 saturated carbocycles. The van der Waals surface area contributed by atoms with Crippen molar-refractivity contribution in [1.29, 1.82) is 5.26 Å². The number of carbonyl (C=O) groups is 2. The van der Waals surface area contributed by atoms with Crippen LogP contribution in [0.5, 0.6) is 0 Å². The van der Waals surface area contributed by atoms with Crippen LogP contribution in [0.4, 0.5) is 14.9 Å². The second-order valence-electron chi connectivity index (χ2n) is 8.96. The van der Waals surface area contributed by atoms with E-state index in [1.165, 1.54) is 12.1 Å². The number of rotatable bonds is 3. The van der Waals surface area contributed by atoms with Crippen molar-refractivity contribution in [3.05, 3.63) is 46.5 Å². The number of aromatic nitrogens is 2. The minimum absolute atomic E-state index is 0.151. The first-order valence-corrected chi connectivity index (χ1v) is 11.0. The number of benzene rings is 1. The third-order valence-electron chi connectivity index (χ3n) is 6.76. The zero-order valence-electron chi connectivity index (χ0n) is 18.9. The van der Waals surface area contributed by atoms with Gasteiger partial charge in [0.05, 0.1) is 23.4 Å². The summed E-state index contributed by atoms with van der Waals surface area (Å²) in [6.07, 6.45) is 1.04. The van der Waals surface area contributed by atoms with E-state index in [2.05, 4.69) is 10.4 Å². The smallest absolute Gasteiger partial charge is 0.322 e. The zero-order valence-corrected chi connectivity index (χ0v) is 18.9. The van der Waals surface area contributed by atoms with Gasteiger partial charge in [0.1, 0.15) is 17.6 Å². The predicted octanol–water partition coefficient (Wildman–Crippen LogP) is 2.35. The van der Waals surface area contributed by atoms with E-state index >= 15 is 0 Å². The van der Waals surface area contributed by atoms with Gasteiger partial charge < -0.3 is 20.2 Å². The number of nitriles is 1. The third kappa shape index (κ3) is 4.16. The van der Waals surface area contributed by atoms with Gasteiger partial charge in [-0.15, -0.1) is 0 Å². The normalized spacial score (nSPS) is 19.8. The minimum atomic E-state index is -0.939. The Morgan fingerprint density at radius 2 is 2.18 bits per heavy atom. The molecule has 1 aromatic carbocycles. The molecule has 2 aromatic rings. The maximum absolute atomic E-state index is 13.6. The average molecular weight is 455 g/mol. The molecule has 1 unspecified atom stereocenters. The summed E-state index contributed by atoms with van der Waals surface area (Å²) in [6, 6.07) is 5.17. The number of aliphatic hydroxyl groups is 1. The number of nitrogens with one attached hydrogen (secondary N) is 1. The van der Waals surface area contributed by atoms with Crippen molar-refractivity contribution in [2.24, 2.45) is 5.92 Å². The lowest BCUT2D eigenvalue weighted by molar-refractivity contribution is -0.0196. The molecule has 0 aliphatic carbocycles. The van der Waals surface area contributed by atoms with E-state index in [-0.39, 0.29) is 23.9 Å². The SMILES string of the molecule is CCC(C)(O)[C@@H]1CN(C)C(=O)c2c3c(nn2C1)CCN(C(=O)Nc1ccc(F)c(C#N)c1)C3. The van der Waals surface area contributed by atoms with Gasteiger partial charge in [-0.25, -0.2) is 9.18 Å². The number of anilines is 1. The lowest BCUT2D eigenvalue weighted by Gasteiger charge is -2.33. The van der Waals surface area contributed by atoms with Gasteiger partial charge in [-0.2, -0.15) is 10.4 Å². The fourth-order valence-corrected chi connectivity index (χ4v) is 4.41. The van der Waals surface area contributed by atoms with Crippen LogP contribution in [0.1, 0.15) is 47.6 Å². The Labute approximate surface area is 191 Å². The summed E-state index contributed by atoms with van der Waals surface area (Å²) in [5, 5.41) is 27.2. The molecule has 4 rings (SSSR count). The quantitative estimate of drug-likeness (QED) is 0.739. The fourth-order valence-electron chi connectivity index (χ4n) is 4.41. The van der Waals surface area contributed by atoms with E-state index in [1.807, 2.05) is 6.92 Å². The van der Waals surface area contributed by atoms with Gasteiger partial charge in [-0.1, -0.05) is 6.92 Å². The van der Waals surface area contributed by atoms with Gasteiger partial charge >= 0.3 is 6.03 Å². The lowest BCUT2D eigenvalue weighted by Crippen LogP contribution is -2.43. The van der Waals surface area contributed by atoms with Gasteiger partial charge in [0, 0.05) is 50.3 Å². The minimum Gasteiger partial charge on any atom is -0.390 e. The second-order valence-corrected chi connectivity index (χ2v) is 8.96. The molecule has 0 spiro atoms. The van der Waals surface area contributed by atoms with E-state index < -0.39 is 17.4 Å². The number of carbonyl (C=O) groups excluding carboxylic acids is 2. The molecule has 3 amide bonds. The van der Waals surface area contributed by atoms with Gasteiger partial charge in [-0.05, 0) is 31.5 Å².